The molecule has 0 aliphatic heterocycles. The monoisotopic (exact) mass is 349 g/mol. The quantitative estimate of drug-likeness (QED) is 0.671. The van der Waals surface area contributed by atoms with Crippen LogP contribution in [0.5, 0.6) is 11.5 Å². The maximum absolute atomic E-state index is 11.8. The molecule has 0 spiro atoms. The largest absolute Gasteiger partial charge is 0.493 e. The molecule has 128 valence electrons. The van der Waals surface area contributed by atoms with Crippen molar-refractivity contribution in [2.75, 3.05) is 26.2 Å². The van der Waals surface area contributed by atoms with Crippen molar-refractivity contribution >= 4 is 23.3 Å². The third-order valence-electron chi connectivity index (χ3n) is 3.33. The molecule has 2 amide bonds. The van der Waals surface area contributed by atoms with Crippen molar-refractivity contribution in [1.82, 2.24) is 10.7 Å². The fourth-order valence-corrected chi connectivity index (χ4v) is 2.27. The second-order valence-corrected chi connectivity index (χ2v) is 5.33. The number of hydrogen-bond acceptors (Lipinski definition) is 4. The standard InChI is InChI=1S/C17H20ClN3O3/c1-23-15-8-7-12(11-16(15)24-2)9-10-19-17(22)21-20-14-6-4-3-5-13(14)18/h3-8,11,20H,9-10H2,1-2H3,(H2,19,21,22). The fraction of sp³-hybridized carbons (Fsp3) is 0.235. The molecule has 0 aliphatic carbocycles. The summed E-state index contributed by atoms with van der Waals surface area (Å²) in [7, 11) is 3.18. The first-order chi connectivity index (χ1) is 11.6. The van der Waals surface area contributed by atoms with Gasteiger partial charge in [-0.1, -0.05) is 29.8 Å². The summed E-state index contributed by atoms with van der Waals surface area (Å²) in [6.07, 6.45) is 0.667. The van der Waals surface area contributed by atoms with Crippen LogP contribution in [0.3, 0.4) is 0 Å². The number of ether oxygens (including phenoxy) is 2. The van der Waals surface area contributed by atoms with E-state index in [9.17, 15) is 4.79 Å². The first-order valence-corrected chi connectivity index (χ1v) is 7.77. The van der Waals surface area contributed by atoms with Gasteiger partial charge in [0, 0.05) is 6.54 Å². The summed E-state index contributed by atoms with van der Waals surface area (Å²) in [6.45, 7) is 0.478. The summed E-state index contributed by atoms with van der Waals surface area (Å²) >= 11 is 5.99. The van der Waals surface area contributed by atoms with E-state index in [2.05, 4.69) is 16.2 Å². The Morgan fingerprint density at radius 2 is 1.83 bits per heavy atom. The summed E-state index contributed by atoms with van der Waals surface area (Å²) in [6, 6.07) is 12.5. The van der Waals surface area contributed by atoms with Crippen LogP contribution in [0, 0.1) is 0 Å². The Labute approximate surface area is 146 Å². The van der Waals surface area contributed by atoms with Crippen molar-refractivity contribution in [3.05, 3.63) is 53.1 Å². The Morgan fingerprint density at radius 1 is 1.08 bits per heavy atom. The molecule has 0 atom stereocenters. The van der Waals surface area contributed by atoms with Gasteiger partial charge >= 0.3 is 6.03 Å². The molecule has 6 nitrogen and oxygen atoms in total. The average molecular weight is 350 g/mol. The molecule has 0 aliphatic rings. The summed E-state index contributed by atoms with van der Waals surface area (Å²) in [5, 5.41) is 3.29. The Morgan fingerprint density at radius 3 is 2.54 bits per heavy atom. The van der Waals surface area contributed by atoms with E-state index in [1.54, 1.807) is 26.4 Å². The van der Waals surface area contributed by atoms with Crippen LogP contribution in [-0.4, -0.2) is 26.8 Å². The SMILES string of the molecule is COc1ccc(CCNC(=O)NNc2ccccc2Cl)cc1OC. The van der Waals surface area contributed by atoms with Gasteiger partial charge in [0.25, 0.3) is 0 Å². The van der Waals surface area contributed by atoms with E-state index < -0.39 is 0 Å². The first-order valence-electron chi connectivity index (χ1n) is 7.39. The van der Waals surface area contributed by atoms with Crippen LogP contribution in [0.1, 0.15) is 5.56 Å². The number of rotatable bonds is 7. The van der Waals surface area contributed by atoms with E-state index in [1.807, 2.05) is 30.3 Å². The number of halogens is 1. The maximum Gasteiger partial charge on any atom is 0.333 e. The Balaban J connectivity index is 1.77. The number of anilines is 1. The van der Waals surface area contributed by atoms with Crippen molar-refractivity contribution in [3.8, 4) is 11.5 Å². The molecule has 24 heavy (non-hydrogen) atoms. The van der Waals surface area contributed by atoms with Crippen LogP contribution in [0.25, 0.3) is 0 Å². The summed E-state index contributed by atoms with van der Waals surface area (Å²) in [5.41, 5.74) is 6.97. The van der Waals surface area contributed by atoms with Gasteiger partial charge in [0.05, 0.1) is 24.9 Å². The molecular formula is C17H20ClN3O3. The fourth-order valence-electron chi connectivity index (χ4n) is 2.09. The molecule has 3 N–H and O–H groups in total. The lowest BCUT2D eigenvalue weighted by atomic mass is 10.1. The van der Waals surface area contributed by atoms with Crippen LogP contribution in [0.4, 0.5) is 10.5 Å². The molecule has 2 rings (SSSR count). The van der Waals surface area contributed by atoms with E-state index in [4.69, 9.17) is 21.1 Å². The zero-order chi connectivity index (χ0) is 17.4. The summed E-state index contributed by atoms with van der Waals surface area (Å²) in [4.78, 5) is 11.8. The third kappa shape index (κ3) is 4.96. The second kappa shape index (κ2) is 8.88. The minimum Gasteiger partial charge on any atom is -0.493 e. The normalized spacial score (nSPS) is 9.96. The van der Waals surface area contributed by atoms with Gasteiger partial charge in [0.1, 0.15) is 0 Å². The molecule has 0 saturated heterocycles. The lowest BCUT2D eigenvalue weighted by Gasteiger charge is -2.12. The highest BCUT2D eigenvalue weighted by Gasteiger charge is 2.05. The molecule has 0 saturated carbocycles. The second-order valence-electron chi connectivity index (χ2n) is 4.93. The number of hydrazine groups is 1. The zero-order valence-electron chi connectivity index (χ0n) is 13.6. The number of methoxy groups -OCH3 is 2. The van der Waals surface area contributed by atoms with Crippen molar-refractivity contribution in [2.24, 2.45) is 0 Å². The zero-order valence-corrected chi connectivity index (χ0v) is 14.3. The number of benzene rings is 2. The average Bonchev–Trinajstić information content (AvgIpc) is 2.61. The van der Waals surface area contributed by atoms with E-state index in [0.717, 1.165) is 5.56 Å². The molecule has 2 aromatic carbocycles. The molecule has 0 bridgehead atoms. The first kappa shape index (κ1) is 17.7. The van der Waals surface area contributed by atoms with Crippen LogP contribution < -0.4 is 25.6 Å². The minimum absolute atomic E-state index is 0.338. The molecule has 2 aromatic rings. The van der Waals surface area contributed by atoms with E-state index in [0.29, 0.717) is 35.2 Å². The predicted molar refractivity (Wildman–Crippen MR) is 94.9 cm³/mol. The van der Waals surface area contributed by atoms with Crippen molar-refractivity contribution in [1.29, 1.82) is 0 Å². The smallest absolute Gasteiger partial charge is 0.333 e. The van der Waals surface area contributed by atoms with Gasteiger partial charge < -0.3 is 14.8 Å². The van der Waals surface area contributed by atoms with Crippen LogP contribution in [0.2, 0.25) is 5.02 Å². The van der Waals surface area contributed by atoms with Gasteiger partial charge in [-0.25, -0.2) is 4.79 Å². The van der Waals surface area contributed by atoms with Gasteiger partial charge in [-0.05, 0) is 36.2 Å². The lowest BCUT2D eigenvalue weighted by molar-refractivity contribution is 0.243. The van der Waals surface area contributed by atoms with Crippen LogP contribution >= 0.6 is 11.6 Å². The Kier molecular flexibility index (Phi) is 6.57. The summed E-state index contributed by atoms with van der Waals surface area (Å²) in [5.74, 6) is 1.34. The predicted octanol–water partition coefficient (Wildman–Crippen LogP) is 3.23. The minimum atomic E-state index is -0.338. The molecule has 0 radical (unpaired) electrons. The molecule has 7 heteroatoms. The highest BCUT2D eigenvalue weighted by molar-refractivity contribution is 6.33. The Bertz CT molecular complexity index is 695. The van der Waals surface area contributed by atoms with Crippen LogP contribution in [0.15, 0.2) is 42.5 Å². The number of hydrogen-bond donors (Lipinski definition) is 3. The van der Waals surface area contributed by atoms with E-state index in [-0.39, 0.29) is 6.03 Å². The van der Waals surface area contributed by atoms with Gasteiger partial charge in [-0.15, -0.1) is 0 Å². The molecule has 0 aromatic heterocycles. The highest BCUT2D eigenvalue weighted by atomic mass is 35.5. The van der Waals surface area contributed by atoms with E-state index in [1.165, 1.54) is 0 Å². The molecule has 0 unspecified atom stereocenters. The van der Waals surface area contributed by atoms with Crippen molar-refractivity contribution in [3.63, 3.8) is 0 Å². The Hall–Kier alpha value is -2.60. The number of carbonyl (C=O) groups is 1. The van der Waals surface area contributed by atoms with E-state index >= 15 is 0 Å². The summed E-state index contributed by atoms with van der Waals surface area (Å²) < 4.78 is 10.4. The van der Waals surface area contributed by atoms with Gasteiger partial charge in [-0.2, -0.15) is 0 Å². The van der Waals surface area contributed by atoms with Gasteiger partial charge in [-0.3, -0.25) is 10.9 Å². The molecule has 0 heterocycles. The number of urea groups is 1. The highest BCUT2D eigenvalue weighted by Crippen LogP contribution is 2.27. The van der Waals surface area contributed by atoms with Gasteiger partial charge in [0.2, 0.25) is 0 Å². The third-order valence-corrected chi connectivity index (χ3v) is 3.66. The number of carbonyl (C=O) groups excluding carboxylic acids is 1. The van der Waals surface area contributed by atoms with Gasteiger partial charge in [0.15, 0.2) is 11.5 Å². The topological polar surface area (TPSA) is 71.6 Å². The number of amides is 2. The number of nitrogens with one attached hydrogen (secondary N) is 3. The molecule has 0 fully saturated rings. The molecular weight excluding hydrogens is 330 g/mol. The van der Waals surface area contributed by atoms with Crippen molar-refractivity contribution in [2.45, 2.75) is 6.42 Å². The lowest BCUT2D eigenvalue weighted by Crippen LogP contribution is -2.39. The van der Waals surface area contributed by atoms with Crippen LogP contribution in [-0.2, 0) is 6.42 Å². The maximum atomic E-state index is 11.8. The number of para-hydroxylation sites is 1. The van der Waals surface area contributed by atoms with Crippen molar-refractivity contribution < 1.29 is 14.3 Å².